The van der Waals surface area contributed by atoms with Crippen molar-refractivity contribution in [3.05, 3.63) is 0 Å². The third-order valence-electron chi connectivity index (χ3n) is 3.42. The Labute approximate surface area is 116 Å². The molecule has 0 aromatic heterocycles. The van der Waals surface area contributed by atoms with E-state index in [0.29, 0.717) is 39.3 Å². The van der Waals surface area contributed by atoms with Gasteiger partial charge < -0.3 is 14.5 Å². The normalized spacial score (nSPS) is 25.4. The zero-order valence-corrected chi connectivity index (χ0v) is 12.0. The minimum Gasteiger partial charge on any atom is -0.378 e. The summed E-state index contributed by atoms with van der Waals surface area (Å²) in [6, 6.07) is 0. The molecule has 0 aromatic rings. The van der Waals surface area contributed by atoms with Crippen molar-refractivity contribution in [1.82, 2.24) is 9.80 Å². The lowest BCUT2D eigenvalue weighted by Crippen LogP contribution is -2.45. The molecule has 2 rings (SSSR count). The van der Waals surface area contributed by atoms with E-state index >= 15 is 0 Å². The molecule has 2 aliphatic heterocycles. The molecule has 2 amide bonds. The standard InChI is InChI=1S/C12H19BrN2O3/c13-10-2-1-4-15(12(10)17)5-3-11(16)14-6-8-18-9-7-14/h10H,1-9H2. The van der Waals surface area contributed by atoms with Gasteiger partial charge in [0.2, 0.25) is 11.8 Å². The fourth-order valence-corrected chi connectivity index (χ4v) is 2.93. The Morgan fingerprint density at radius 1 is 1.33 bits per heavy atom. The van der Waals surface area contributed by atoms with Gasteiger partial charge in [0.25, 0.3) is 0 Å². The molecule has 5 nitrogen and oxygen atoms in total. The van der Waals surface area contributed by atoms with Crippen LogP contribution >= 0.6 is 15.9 Å². The molecule has 0 N–H and O–H groups in total. The Kier molecular flexibility index (Phi) is 5.00. The summed E-state index contributed by atoms with van der Waals surface area (Å²) in [7, 11) is 0. The summed E-state index contributed by atoms with van der Waals surface area (Å²) < 4.78 is 5.21. The van der Waals surface area contributed by atoms with E-state index in [9.17, 15) is 9.59 Å². The van der Waals surface area contributed by atoms with Crippen molar-refractivity contribution in [1.29, 1.82) is 0 Å². The Balaban J connectivity index is 1.76. The van der Waals surface area contributed by atoms with Crippen LogP contribution in [0.1, 0.15) is 19.3 Å². The van der Waals surface area contributed by atoms with Gasteiger partial charge in [-0.2, -0.15) is 0 Å². The van der Waals surface area contributed by atoms with Crippen LogP contribution in [-0.4, -0.2) is 65.8 Å². The van der Waals surface area contributed by atoms with Gasteiger partial charge in [0, 0.05) is 32.6 Å². The van der Waals surface area contributed by atoms with E-state index < -0.39 is 0 Å². The summed E-state index contributed by atoms with van der Waals surface area (Å²) in [5, 5.41) is 0. The van der Waals surface area contributed by atoms with Crippen molar-refractivity contribution in [3.63, 3.8) is 0 Å². The van der Waals surface area contributed by atoms with Crippen molar-refractivity contribution in [2.45, 2.75) is 24.1 Å². The summed E-state index contributed by atoms with van der Waals surface area (Å²) in [5.41, 5.74) is 0. The summed E-state index contributed by atoms with van der Waals surface area (Å²) >= 11 is 3.37. The number of piperidine rings is 1. The van der Waals surface area contributed by atoms with Gasteiger partial charge in [-0.05, 0) is 12.8 Å². The second-order valence-corrected chi connectivity index (χ2v) is 5.78. The highest BCUT2D eigenvalue weighted by molar-refractivity contribution is 9.10. The number of morpholine rings is 1. The first kappa shape index (κ1) is 13.8. The van der Waals surface area contributed by atoms with Gasteiger partial charge in [-0.25, -0.2) is 0 Å². The van der Waals surface area contributed by atoms with Gasteiger partial charge in [-0.3, -0.25) is 9.59 Å². The number of nitrogens with zero attached hydrogens (tertiary/aromatic N) is 2. The first-order valence-electron chi connectivity index (χ1n) is 6.47. The van der Waals surface area contributed by atoms with Gasteiger partial charge in [0.1, 0.15) is 0 Å². The van der Waals surface area contributed by atoms with Crippen molar-refractivity contribution < 1.29 is 14.3 Å². The molecular formula is C12H19BrN2O3. The van der Waals surface area contributed by atoms with Gasteiger partial charge in [0.05, 0.1) is 18.0 Å². The van der Waals surface area contributed by atoms with E-state index in [1.54, 1.807) is 4.90 Å². The number of hydrogen-bond acceptors (Lipinski definition) is 3. The number of halogens is 1. The van der Waals surface area contributed by atoms with E-state index in [-0.39, 0.29) is 16.6 Å². The largest absolute Gasteiger partial charge is 0.378 e. The first-order chi connectivity index (χ1) is 8.68. The van der Waals surface area contributed by atoms with Crippen molar-refractivity contribution >= 4 is 27.7 Å². The van der Waals surface area contributed by atoms with Crippen molar-refractivity contribution in [3.8, 4) is 0 Å². The lowest BCUT2D eigenvalue weighted by Gasteiger charge is -2.31. The summed E-state index contributed by atoms with van der Waals surface area (Å²) in [4.78, 5) is 27.3. The minimum absolute atomic E-state index is 0.0651. The zero-order valence-electron chi connectivity index (χ0n) is 10.4. The minimum atomic E-state index is -0.0651. The Morgan fingerprint density at radius 2 is 2.06 bits per heavy atom. The van der Waals surface area contributed by atoms with Crippen LogP contribution in [0.15, 0.2) is 0 Å². The molecule has 102 valence electrons. The zero-order chi connectivity index (χ0) is 13.0. The SMILES string of the molecule is O=C(CCN1CCCC(Br)C1=O)N1CCOCC1. The molecule has 2 heterocycles. The second kappa shape index (κ2) is 6.52. The van der Waals surface area contributed by atoms with Crippen LogP contribution < -0.4 is 0 Å². The molecule has 2 fully saturated rings. The van der Waals surface area contributed by atoms with Crippen LogP contribution in [-0.2, 0) is 14.3 Å². The molecule has 0 aromatic carbocycles. The fourth-order valence-electron chi connectivity index (χ4n) is 2.32. The monoisotopic (exact) mass is 318 g/mol. The highest BCUT2D eigenvalue weighted by atomic mass is 79.9. The van der Waals surface area contributed by atoms with E-state index in [1.807, 2.05) is 4.90 Å². The number of hydrogen-bond donors (Lipinski definition) is 0. The molecule has 6 heteroatoms. The van der Waals surface area contributed by atoms with Crippen LogP contribution in [0.5, 0.6) is 0 Å². The number of amides is 2. The van der Waals surface area contributed by atoms with E-state index in [2.05, 4.69) is 15.9 Å². The Morgan fingerprint density at radius 3 is 2.78 bits per heavy atom. The topological polar surface area (TPSA) is 49.9 Å². The van der Waals surface area contributed by atoms with Crippen LogP contribution in [0.2, 0.25) is 0 Å². The quantitative estimate of drug-likeness (QED) is 0.717. The molecule has 0 aliphatic carbocycles. The number of ether oxygens (including phenoxy) is 1. The van der Waals surface area contributed by atoms with Crippen LogP contribution in [0, 0.1) is 0 Å². The van der Waals surface area contributed by atoms with Crippen LogP contribution in [0.4, 0.5) is 0 Å². The Bertz CT molecular complexity index is 318. The van der Waals surface area contributed by atoms with Gasteiger partial charge in [-0.15, -0.1) is 0 Å². The summed E-state index contributed by atoms with van der Waals surface area (Å²) in [6.07, 6.45) is 2.33. The first-order valence-corrected chi connectivity index (χ1v) is 7.38. The van der Waals surface area contributed by atoms with Gasteiger partial charge >= 0.3 is 0 Å². The van der Waals surface area contributed by atoms with E-state index in [0.717, 1.165) is 19.4 Å². The second-order valence-electron chi connectivity index (χ2n) is 4.68. The summed E-state index contributed by atoms with van der Waals surface area (Å²) in [5.74, 6) is 0.249. The molecule has 0 spiro atoms. The highest BCUT2D eigenvalue weighted by Crippen LogP contribution is 2.18. The molecule has 2 saturated heterocycles. The maximum absolute atomic E-state index is 11.9. The van der Waals surface area contributed by atoms with E-state index in [4.69, 9.17) is 4.74 Å². The highest BCUT2D eigenvalue weighted by Gasteiger charge is 2.27. The Hall–Kier alpha value is -0.620. The maximum atomic E-state index is 11.9. The lowest BCUT2D eigenvalue weighted by molar-refractivity contribution is -0.137. The van der Waals surface area contributed by atoms with Crippen molar-refractivity contribution in [2.75, 3.05) is 39.4 Å². The molecule has 2 aliphatic rings. The number of carbonyl (C=O) groups excluding carboxylic acids is 2. The van der Waals surface area contributed by atoms with Crippen molar-refractivity contribution in [2.24, 2.45) is 0 Å². The smallest absolute Gasteiger partial charge is 0.236 e. The molecule has 0 bridgehead atoms. The van der Waals surface area contributed by atoms with E-state index in [1.165, 1.54) is 0 Å². The van der Waals surface area contributed by atoms with Gasteiger partial charge in [0.15, 0.2) is 0 Å². The van der Waals surface area contributed by atoms with Crippen LogP contribution in [0.3, 0.4) is 0 Å². The molecular weight excluding hydrogens is 300 g/mol. The predicted octanol–water partition coefficient (Wildman–Crippen LogP) is 0.621. The molecule has 18 heavy (non-hydrogen) atoms. The number of carbonyl (C=O) groups is 2. The molecule has 1 unspecified atom stereocenters. The average Bonchev–Trinajstić information content (AvgIpc) is 2.41. The number of rotatable bonds is 3. The maximum Gasteiger partial charge on any atom is 0.236 e. The van der Waals surface area contributed by atoms with Crippen LogP contribution in [0.25, 0.3) is 0 Å². The molecule has 0 saturated carbocycles. The molecule has 1 atom stereocenters. The average molecular weight is 319 g/mol. The number of likely N-dealkylation sites (tertiary alicyclic amines) is 1. The third-order valence-corrected chi connectivity index (χ3v) is 4.27. The van der Waals surface area contributed by atoms with Gasteiger partial charge in [-0.1, -0.05) is 15.9 Å². The third kappa shape index (κ3) is 3.45. The molecule has 0 radical (unpaired) electrons. The fraction of sp³-hybridized carbons (Fsp3) is 0.833. The summed E-state index contributed by atoms with van der Waals surface area (Å²) in [6.45, 7) is 3.91. The predicted molar refractivity (Wildman–Crippen MR) is 70.5 cm³/mol. The number of alkyl halides is 1. The lowest BCUT2D eigenvalue weighted by atomic mass is 10.1.